The summed E-state index contributed by atoms with van der Waals surface area (Å²) in [7, 11) is 1.46. The highest BCUT2D eigenvalue weighted by Crippen LogP contribution is 2.36. The van der Waals surface area contributed by atoms with E-state index in [4.69, 9.17) is 16.3 Å². The van der Waals surface area contributed by atoms with E-state index in [0.29, 0.717) is 28.4 Å². The summed E-state index contributed by atoms with van der Waals surface area (Å²) in [5.74, 6) is -1.24. The summed E-state index contributed by atoms with van der Waals surface area (Å²) in [6.07, 6.45) is 0. The number of hydrogen-bond acceptors (Lipinski definition) is 5. The molecule has 1 heterocycles. The highest BCUT2D eigenvalue weighted by atomic mass is 35.5. The van der Waals surface area contributed by atoms with Gasteiger partial charge in [-0.15, -0.1) is 0 Å². The van der Waals surface area contributed by atoms with Gasteiger partial charge in [0, 0.05) is 22.3 Å². The summed E-state index contributed by atoms with van der Waals surface area (Å²) in [4.78, 5) is 40.2. The van der Waals surface area contributed by atoms with Crippen LogP contribution in [0.1, 0.15) is 15.9 Å². The number of imide groups is 1. The van der Waals surface area contributed by atoms with Gasteiger partial charge in [0.1, 0.15) is 16.5 Å². The van der Waals surface area contributed by atoms with Gasteiger partial charge in [0.05, 0.1) is 12.8 Å². The molecule has 184 valence electrons. The molecule has 1 aliphatic heterocycles. The van der Waals surface area contributed by atoms with Crippen LogP contribution in [0.3, 0.4) is 0 Å². The molecule has 0 unspecified atom stereocenters. The Labute approximate surface area is 218 Å². The molecule has 0 aliphatic carbocycles. The quantitative estimate of drug-likeness (QED) is 0.317. The number of carbonyl (C=O) groups excluding carboxylic acids is 3. The van der Waals surface area contributed by atoms with E-state index in [-0.39, 0.29) is 16.6 Å². The molecule has 3 amide bonds. The summed E-state index contributed by atoms with van der Waals surface area (Å²) in [5.41, 5.74) is 2.55. The zero-order chi connectivity index (χ0) is 26.1. The van der Waals surface area contributed by atoms with E-state index in [2.05, 4.69) is 10.6 Å². The molecule has 0 saturated heterocycles. The average molecular weight is 512 g/mol. The van der Waals surface area contributed by atoms with Gasteiger partial charge in [0.25, 0.3) is 17.7 Å². The van der Waals surface area contributed by atoms with Crippen molar-refractivity contribution in [1.29, 1.82) is 0 Å². The maximum absolute atomic E-state index is 13.3. The predicted octanol–water partition coefficient (Wildman–Crippen LogP) is 5.84. The van der Waals surface area contributed by atoms with Crippen molar-refractivity contribution in [3.05, 3.63) is 107 Å². The van der Waals surface area contributed by atoms with Gasteiger partial charge in [-0.3, -0.25) is 14.4 Å². The second-order valence-corrected chi connectivity index (χ2v) is 8.87. The van der Waals surface area contributed by atoms with Crippen LogP contribution in [0.15, 0.2) is 95.7 Å². The van der Waals surface area contributed by atoms with E-state index < -0.39 is 11.8 Å². The van der Waals surface area contributed by atoms with E-state index in [0.717, 1.165) is 21.2 Å². The second-order valence-electron chi connectivity index (χ2n) is 8.50. The van der Waals surface area contributed by atoms with Crippen LogP contribution in [-0.4, -0.2) is 24.8 Å². The first-order valence-electron chi connectivity index (χ1n) is 11.5. The summed E-state index contributed by atoms with van der Waals surface area (Å²) in [6, 6.07) is 25.2. The van der Waals surface area contributed by atoms with Gasteiger partial charge in [-0.05, 0) is 54.3 Å². The number of carbonyl (C=O) groups is 3. The molecule has 0 aromatic heterocycles. The van der Waals surface area contributed by atoms with Gasteiger partial charge in [-0.2, -0.15) is 0 Å². The molecule has 0 bridgehead atoms. The molecule has 0 spiro atoms. The Morgan fingerprint density at radius 2 is 1.65 bits per heavy atom. The number of aryl methyl sites for hydroxylation is 1. The van der Waals surface area contributed by atoms with E-state index in [1.165, 1.54) is 7.11 Å². The molecule has 37 heavy (non-hydrogen) atoms. The zero-order valence-corrected chi connectivity index (χ0v) is 20.8. The zero-order valence-electron chi connectivity index (χ0n) is 20.0. The Bertz CT molecular complexity index is 1610. The fraction of sp³-hybridized carbons (Fsp3) is 0.0690. The Hall–Kier alpha value is -4.62. The van der Waals surface area contributed by atoms with E-state index in [1.807, 2.05) is 55.5 Å². The van der Waals surface area contributed by atoms with Gasteiger partial charge in [0.2, 0.25) is 0 Å². The number of ether oxygens (including phenoxy) is 1. The van der Waals surface area contributed by atoms with Crippen LogP contribution in [0.5, 0.6) is 5.75 Å². The third-order valence-corrected chi connectivity index (χ3v) is 6.39. The van der Waals surface area contributed by atoms with Crippen molar-refractivity contribution in [2.24, 2.45) is 0 Å². The maximum Gasteiger partial charge on any atom is 0.283 e. The number of nitrogens with zero attached hydrogens (tertiary/aromatic N) is 1. The van der Waals surface area contributed by atoms with Crippen molar-refractivity contribution < 1.29 is 19.1 Å². The van der Waals surface area contributed by atoms with Crippen LogP contribution in [-0.2, 0) is 9.59 Å². The topological polar surface area (TPSA) is 87.7 Å². The number of methoxy groups -OCH3 is 1. The van der Waals surface area contributed by atoms with E-state index in [1.54, 1.807) is 36.4 Å². The smallest absolute Gasteiger partial charge is 0.283 e. The van der Waals surface area contributed by atoms with Crippen LogP contribution in [0.4, 0.5) is 17.1 Å². The third-order valence-electron chi connectivity index (χ3n) is 6.03. The van der Waals surface area contributed by atoms with Gasteiger partial charge in [-0.25, -0.2) is 4.90 Å². The summed E-state index contributed by atoms with van der Waals surface area (Å²) < 4.78 is 5.34. The van der Waals surface area contributed by atoms with Crippen molar-refractivity contribution in [3.8, 4) is 5.75 Å². The lowest BCUT2D eigenvalue weighted by molar-refractivity contribution is -0.120. The summed E-state index contributed by atoms with van der Waals surface area (Å²) >= 11 is 6.30. The number of fused-ring (bicyclic) bond motifs is 1. The monoisotopic (exact) mass is 511 g/mol. The molecule has 7 nitrogen and oxygen atoms in total. The molecular formula is C29H22ClN3O4. The first-order valence-corrected chi connectivity index (χ1v) is 11.8. The number of anilines is 3. The number of halogens is 1. The van der Waals surface area contributed by atoms with Crippen molar-refractivity contribution in [3.63, 3.8) is 0 Å². The van der Waals surface area contributed by atoms with Gasteiger partial charge in [-0.1, -0.05) is 60.1 Å². The molecule has 8 heteroatoms. The van der Waals surface area contributed by atoms with Gasteiger partial charge >= 0.3 is 0 Å². The molecule has 4 aromatic rings. The normalized spacial score (nSPS) is 13.3. The second kappa shape index (κ2) is 9.79. The number of hydrogen-bond donors (Lipinski definition) is 2. The fourth-order valence-corrected chi connectivity index (χ4v) is 4.43. The molecule has 4 aromatic carbocycles. The number of amides is 3. The maximum atomic E-state index is 13.3. The van der Waals surface area contributed by atoms with Crippen LogP contribution < -0.4 is 20.3 Å². The van der Waals surface area contributed by atoms with Crippen LogP contribution >= 0.6 is 11.6 Å². The minimum absolute atomic E-state index is 0.0816. The lowest BCUT2D eigenvalue weighted by Gasteiger charge is -2.18. The molecule has 5 rings (SSSR count). The largest absolute Gasteiger partial charge is 0.495 e. The van der Waals surface area contributed by atoms with Crippen molar-refractivity contribution in [2.75, 3.05) is 22.6 Å². The number of rotatable bonds is 6. The molecule has 1 aliphatic rings. The van der Waals surface area contributed by atoms with Gasteiger partial charge < -0.3 is 15.4 Å². The fourth-order valence-electron chi connectivity index (χ4n) is 4.22. The van der Waals surface area contributed by atoms with E-state index in [9.17, 15) is 14.4 Å². The van der Waals surface area contributed by atoms with Crippen LogP contribution in [0, 0.1) is 6.92 Å². The van der Waals surface area contributed by atoms with E-state index >= 15 is 0 Å². The van der Waals surface area contributed by atoms with Crippen LogP contribution in [0.25, 0.3) is 10.8 Å². The first-order chi connectivity index (χ1) is 17.9. The Balaban J connectivity index is 1.39. The lowest BCUT2D eigenvalue weighted by atomic mass is 10.1. The molecule has 0 saturated carbocycles. The van der Waals surface area contributed by atoms with Crippen LogP contribution in [0.2, 0.25) is 0 Å². The standard InChI is InChI=1S/C29H22ClN3O4/c1-17-13-14-24(37-2)23(15-17)33-28(35)25(30)26(29(33)36)31-20-10-5-9-19(16-20)27(34)32-22-12-6-8-18-7-3-4-11-21(18)22/h3-16,31H,1-2H3,(H,32,34). The average Bonchev–Trinajstić information content (AvgIpc) is 3.11. The first kappa shape index (κ1) is 24.1. The Morgan fingerprint density at radius 3 is 2.46 bits per heavy atom. The molecule has 2 N–H and O–H groups in total. The summed E-state index contributed by atoms with van der Waals surface area (Å²) in [5, 5.41) is 7.55. The van der Waals surface area contributed by atoms with Crippen molar-refractivity contribution in [1.82, 2.24) is 0 Å². The molecule has 0 atom stereocenters. The molecular weight excluding hydrogens is 490 g/mol. The SMILES string of the molecule is COc1ccc(C)cc1N1C(=O)C(Cl)=C(Nc2cccc(C(=O)Nc3cccc4ccccc34)c2)C1=O. The number of benzene rings is 4. The minimum Gasteiger partial charge on any atom is -0.495 e. The Morgan fingerprint density at radius 1 is 0.892 bits per heavy atom. The molecule has 0 fully saturated rings. The number of nitrogens with one attached hydrogen (secondary N) is 2. The Kier molecular flexibility index (Phi) is 6.38. The summed E-state index contributed by atoms with van der Waals surface area (Å²) in [6.45, 7) is 1.84. The third kappa shape index (κ3) is 4.52. The van der Waals surface area contributed by atoms with Crippen molar-refractivity contribution in [2.45, 2.75) is 6.92 Å². The van der Waals surface area contributed by atoms with Crippen molar-refractivity contribution >= 4 is 57.2 Å². The van der Waals surface area contributed by atoms with Gasteiger partial charge in [0.15, 0.2) is 0 Å². The lowest BCUT2D eigenvalue weighted by Crippen LogP contribution is -2.32. The minimum atomic E-state index is -0.664. The molecule has 0 radical (unpaired) electrons. The predicted molar refractivity (Wildman–Crippen MR) is 145 cm³/mol. The highest BCUT2D eigenvalue weighted by Gasteiger charge is 2.40. The highest BCUT2D eigenvalue weighted by molar-refractivity contribution is 6.53.